The quantitative estimate of drug-likeness (QED) is 0.208. The number of nitro benzene ring substituents is 1. The molecule has 0 aromatic heterocycles. The number of fused-ring (bicyclic) bond motifs is 2. The van der Waals surface area contributed by atoms with Crippen LogP contribution in [0.25, 0.3) is 0 Å². The van der Waals surface area contributed by atoms with E-state index < -0.39 is 4.92 Å². The molecule has 3 aromatic carbocycles. The highest BCUT2D eigenvalue weighted by atomic mass is 16.6. The number of nitrogens with zero attached hydrogens (tertiary/aromatic N) is 3. The molecule has 2 aliphatic heterocycles. The largest absolute Gasteiger partial charge is 0.497 e. The van der Waals surface area contributed by atoms with Crippen molar-refractivity contribution >= 4 is 23.5 Å². The van der Waals surface area contributed by atoms with Gasteiger partial charge in [0.2, 0.25) is 5.75 Å². The van der Waals surface area contributed by atoms with Gasteiger partial charge in [-0.25, -0.2) is 0 Å². The third-order valence-electron chi connectivity index (χ3n) is 6.99. The van der Waals surface area contributed by atoms with E-state index in [0.717, 1.165) is 19.4 Å². The Morgan fingerprint density at radius 2 is 1.76 bits per heavy atom. The molecule has 0 saturated carbocycles. The van der Waals surface area contributed by atoms with Crippen LogP contribution in [0.1, 0.15) is 36.5 Å². The molecule has 1 unspecified atom stereocenters. The van der Waals surface area contributed by atoms with Crippen LogP contribution in [0.3, 0.4) is 0 Å². The van der Waals surface area contributed by atoms with E-state index in [2.05, 4.69) is 4.99 Å². The van der Waals surface area contributed by atoms with Gasteiger partial charge in [-0.15, -0.1) is 0 Å². The molecule has 11 nitrogen and oxygen atoms in total. The van der Waals surface area contributed by atoms with Crippen LogP contribution in [0.5, 0.6) is 34.5 Å². The molecule has 1 saturated heterocycles. The fraction of sp³-hybridized carbons (Fsp3) is 0.333. The van der Waals surface area contributed by atoms with Crippen molar-refractivity contribution < 1.29 is 33.4 Å². The second-order valence-electron chi connectivity index (χ2n) is 9.74. The normalized spacial score (nSPS) is 16.3. The lowest BCUT2D eigenvalue weighted by Gasteiger charge is -2.20. The minimum Gasteiger partial charge on any atom is -0.497 e. The Morgan fingerprint density at radius 3 is 2.49 bits per heavy atom. The Balaban J connectivity index is 1.21. The molecule has 41 heavy (non-hydrogen) atoms. The Bertz CT molecular complexity index is 1460. The number of hydrogen-bond donors (Lipinski definition) is 0. The van der Waals surface area contributed by atoms with Crippen molar-refractivity contribution in [2.75, 3.05) is 27.4 Å². The molecular formula is C30H31N3O8. The Hall–Kier alpha value is -4.80. The van der Waals surface area contributed by atoms with Gasteiger partial charge in [0.15, 0.2) is 11.5 Å². The maximum atomic E-state index is 13.1. The first-order valence-corrected chi connectivity index (χ1v) is 13.3. The molecule has 1 amide bonds. The summed E-state index contributed by atoms with van der Waals surface area (Å²) < 4.78 is 28.3. The Labute approximate surface area is 237 Å². The molecule has 0 spiro atoms. The summed E-state index contributed by atoms with van der Waals surface area (Å²) in [6.45, 7) is 2.85. The number of rotatable bonds is 11. The molecule has 0 bridgehead atoms. The predicted molar refractivity (Wildman–Crippen MR) is 152 cm³/mol. The first-order valence-electron chi connectivity index (χ1n) is 13.3. The van der Waals surface area contributed by atoms with Crippen molar-refractivity contribution in [1.82, 2.24) is 4.90 Å². The monoisotopic (exact) mass is 561 g/mol. The second kappa shape index (κ2) is 12.2. The standard InChI is InChI=1S/C30H31N3O8/c1-19(40-23-10-11-27(26(15-23)33(35)36)41-22-8-6-21(37-2)7-9-22)12-14-39-29-17-25-24(16-28(29)38-3)30(34)32-13-4-5-20(32)18-31-25/h6-11,15-20H,4-5,12-14H2,1-3H3/t19?,20-/m0/s1. The number of carbonyl (C=O) groups is 1. The molecule has 3 aromatic rings. The third-order valence-corrected chi connectivity index (χ3v) is 6.99. The van der Waals surface area contributed by atoms with Crippen LogP contribution < -0.4 is 23.7 Å². The van der Waals surface area contributed by atoms with E-state index in [1.807, 2.05) is 18.0 Å². The van der Waals surface area contributed by atoms with E-state index in [1.165, 1.54) is 19.2 Å². The summed E-state index contributed by atoms with van der Waals surface area (Å²) in [6.07, 6.45) is 3.86. The van der Waals surface area contributed by atoms with Gasteiger partial charge in [-0.05, 0) is 62.2 Å². The van der Waals surface area contributed by atoms with Crippen LogP contribution in [-0.2, 0) is 0 Å². The first kappa shape index (κ1) is 27.8. The number of amides is 1. The minimum absolute atomic E-state index is 0.0159. The maximum absolute atomic E-state index is 13.1. The summed E-state index contributed by atoms with van der Waals surface area (Å²) >= 11 is 0. The van der Waals surface area contributed by atoms with E-state index in [-0.39, 0.29) is 36.1 Å². The highest BCUT2D eigenvalue weighted by molar-refractivity contribution is 6.03. The molecule has 2 heterocycles. The van der Waals surface area contributed by atoms with E-state index in [4.69, 9.17) is 23.7 Å². The fourth-order valence-corrected chi connectivity index (χ4v) is 4.82. The van der Waals surface area contributed by atoms with E-state index in [9.17, 15) is 14.9 Å². The number of aliphatic imine (C=N–C) groups is 1. The number of hydrogen-bond acceptors (Lipinski definition) is 9. The lowest BCUT2D eigenvalue weighted by atomic mass is 10.1. The third kappa shape index (κ3) is 6.19. The van der Waals surface area contributed by atoms with Gasteiger partial charge in [0.05, 0.1) is 55.2 Å². The van der Waals surface area contributed by atoms with Crippen LogP contribution in [0.2, 0.25) is 0 Å². The molecule has 0 aliphatic carbocycles. The van der Waals surface area contributed by atoms with Crippen LogP contribution in [0.15, 0.2) is 59.6 Å². The van der Waals surface area contributed by atoms with Gasteiger partial charge >= 0.3 is 5.69 Å². The van der Waals surface area contributed by atoms with Gasteiger partial charge in [-0.1, -0.05) is 0 Å². The summed E-state index contributed by atoms with van der Waals surface area (Å²) in [6, 6.07) is 14.6. The minimum atomic E-state index is -0.512. The number of carbonyl (C=O) groups excluding carboxylic acids is 1. The van der Waals surface area contributed by atoms with Gasteiger partial charge < -0.3 is 28.6 Å². The van der Waals surface area contributed by atoms with Crippen molar-refractivity contribution in [1.29, 1.82) is 0 Å². The molecule has 2 aliphatic rings. The number of methoxy groups -OCH3 is 2. The van der Waals surface area contributed by atoms with Crippen LogP contribution in [-0.4, -0.2) is 61.5 Å². The average Bonchev–Trinajstić information content (AvgIpc) is 3.41. The van der Waals surface area contributed by atoms with Gasteiger partial charge in [0.1, 0.15) is 17.2 Å². The van der Waals surface area contributed by atoms with Gasteiger partial charge in [0, 0.05) is 25.2 Å². The molecule has 2 atom stereocenters. The van der Waals surface area contributed by atoms with E-state index >= 15 is 0 Å². The SMILES string of the molecule is COc1ccc(Oc2ccc(OC(C)CCOc3cc4c(cc3OC)C(=O)N3CCC[C@H]3C=N4)cc2[N+](=O)[O-])cc1. The lowest BCUT2D eigenvalue weighted by Crippen LogP contribution is -2.35. The van der Waals surface area contributed by atoms with E-state index in [1.54, 1.807) is 49.6 Å². The van der Waals surface area contributed by atoms with Crippen LogP contribution in [0.4, 0.5) is 11.4 Å². The highest BCUT2D eigenvalue weighted by Gasteiger charge is 2.32. The average molecular weight is 562 g/mol. The zero-order valence-electron chi connectivity index (χ0n) is 23.1. The number of nitro groups is 1. The molecule has 11 heteroatoms. The molecule has 0 radical (unpaired) electrons. The topological polar surface area (TPSA) is 122 Å². The zero-order chi connectivity index (χ0) is 28.9. The molecular weight excluding hydrogens is 530 g/mol. The molecule has 5 rings (SSSR count). The Morgan fingerprint density at radius 1 is 1.00 bits per heavy atom. The molecule has 1 fully saturated rings. The van der Waals surface area contributed by atoms with Gasteiger partial charge in [0.25, 0.3) is 5.91 Å². The summed E-state index contributed by atoms with van der Waals surface area (Å²) in [4.78, 5) is 30.7. The van der Waals surface area contributed by atoms with E-state index in [0.29, 0.717) is 46.4 Å². The van der Waals surface area contributed by atoms with Crippen molar-refractivity contribution in [2.45, 2.75) is 38.3 Å². The fourth-order valence-electron chi connectivity index (χ4n) is 4.82. The number of benzene rings is 3. The summed E-state index contributed by atoms with van der Waals surface area (Å²) in [5.41, 5.74) is 0.827. The van der Waals surface area contributed by atoms with Crippen molar-refractivity contribution in [3.63, 3.8) is 0 Å². The summed E-state index contributed by atoms with van der Waals surface area (Å²) in [5.74, 6) is 2.39. The first-order chi connectivity index (χ1) is 19.9. The summed E-state index contributed by atoms with van der Waals surface area (Å²) in [5, 5.41) is 11.7. The van der Waals surface area contributed by atoms with Crippen LogP contribution in [0, 0.1) is 10.1 Å². The number of ether oxygens (including phenoxy) is 5. The zero-order valence-corrected chi connectivity index (χ0v) is 23.1. The smallest absolute Gasteiger partial charge is 0.315 e. The predicted octanol–water partition coefficient (Wildman–Crippen LogP) is 5.96. The molecule has 0 N–H and O–H groups in total. The highest BCUT2D eigenvalue weighted by Crippen LogP contribution is 2.39. The molecule has 214 valence electrons. The lowest BCUT2D eigenvalue weighted by molar-refractivity contribution is -0.385. The van der Waals surface area contributed by atoms with Crippen molar-refractivity contribution in [3.8, 4) is 34.5 Å². The summed E-state index contributed by atoms with van der Waals surface area (Å²) in [7, 11) is 3.08. The van der Waals surface area contributed by atoms with Crippen molar-refractivity contribution in [2.24, 2.45) is 4.99 Å². The second-order valence-corrected chi connectivity index (χ2v) is 9.74. The Kier molecular flexibility index (Phi) is 8.23. The van der Waals surface area contributed by atoms with Crippen LogP contribution >= 0.6 is 0 Å². The maximum Gasteiger partial charge on any atom is 0.315 e. The van der Waals surface area contributed by atoms with Gasteiger partial charge in [-0.3, -0.25) is 19.9 Å². The van der Waals surface area contributed by atoms with Crippen molar-refractivity contribution in [3.05, 3.63) is 70.3 Å². The van der Waals surface area contributed by atoms with Gasteiger partial charge in [-0.2, -0.15) is 0 Å².